The van der Waals surface area contributed by atoms with Crippen LogP contribution in [0.5, 0.6) is 0 Å². The molecule has 7 heteroatoms. The molecule has 0 saturated carbocycles. The lowest BCUT2D eigenvalue weighted by Gasteiger charge is -2.30. The minimum absolute atomic E-state index is 0.0256. The first-order chi connectivity index (χ1) is 10.3. The van der Waals surface area contributed by atoms with E-state index in [1.165, 1.54) is 19.0 Å². The average Bonchev–Trinajstić information content (AvgIpc) is 2.56. The fourth-order valence-electron chi connectivity index (χ4n) is 3.07. The molecule has 0 radical (unpaired) electrons. The number of hydrogen-bond donors (Lipinski definition) is 0. The molecule has 0 spiro atoms. The highest BCUT2D eigenvalue weighted by Gasteiger charge is 2.25. The Kier molecular flexibility index (Phi) is 4.17. The first-order valence-electron chi connectivity index (χ1n) is 7.77. The van der Waals surface area contributed by atoms with Crippen molar-refractivity contribution in [3.8, 4) is 0 Å². The van der Waals surface area contributed by atoms with Crippen LogP contribution < -0.4 is 9.80 Å². The Morgan fingerprint density at radius 3 is 2.10 bits per heavy atom. The Morgan fingerprint density at radius 1 is 0.952 bits per heavy atom. The molecule has 7 nitrogen and oxygen atoms in total. The number of hydrogen-bond acceptors (Lipinski definition) is 6. The zero-order valence-electron chi connectivity index (χ0n) is 12.2. The van der Waals surface area contributed by atoms with Crippen LogP contribution in [0.25, 0.3) is 0 Å². The molecule has 2 saturated heterocycles. The minimum atomic E-state index is -0.371. The van der Waals surface area contributed by atoms with Crippen LogP contribution in [0.1, 0.15) is 38.5 Å². The summed E-state index contributed by atoms with van der Waals surface area (Å²) >= 11 is 0. The molecular formula is C14H21N5O2. The van der Waals surface area contributed by atoms with Crippen LogP contribution in [0.4, 0.5) is 17.5 Å². The van der Waals surface area contributed by atoms with E-state index in [2.05, 4.69) is 14.9 Å². The van der Waals surface area contributed by atoms with Gasteiger partial charge in [0.05, 0.1) is 4.92 Å². The summed E-state index contributed by atoms with van der Waals surface area (Å²) in [6.45, 7) is 3.57. The monoisotopic (exact) mass is 291 g/mol. The summed E-state index contributed by atoms with van der Waals surface area (Å²) < 4.78 is 0. The molecule has 0 aromatic carbocycles. The van der Waals surface area contributed by atoms with Crippen LogP contribution in [0.15, 0.2) is 6.20 Å². The second-order valence-corrected chi connectivity index (χ2v) is 5.73. The summed E-state index contributed by atoms with van der Waals surface area (Å²) in [5.41, 5.74) is 0.0256. The van der Waals surface area contributed by atoms with Gasteiger partial charge >= 0.3 is 5.69 Å². The van der Waals surface area contributed by atoms with Crippen LogP contribution in [0.2, 0.25) is 0 Å². The molecule has 0 aliphatic carbocycles. The predicted molar refractivity (Wildman–Crippen MR) is 80.8 cm³/mol. The third kappa shape index (κ3) is 3.06. The topological polar surface area (TPSA) is 75.4 Å². The van der Waals surface area contributed by atoms with E-state index in [4.69, 9.17) is 0 Å². The molecule has 0 N–H and O–H groups in total. The van der Waals surface area contributed by atoms with Crippen LogP contribution in [0, 0.1) is 10.1 Å². The molecule has 1 aromatic heterocycles. The maximum atomic E-state index is 11.2. The minimum Gasteiger partial charge on any atom is -0.351 e. The van der Waals surface area contributed by atoms with Crippen molar-refractivity contribution in [2.75, 3.05) is 36.0 Å². The largest absolute Gasteiger partial charge is 0.351 e. The Morgan fingerprint density at radius 2 is 1.52 bits per heavy atom. The highest BCUT2D eigenvalue weighted by atomic mass is 16.6. The molecule has 1 aromatic rings. The predicted octanol–water partition coefficient (Wildman–Crippen LogP) is 2.37. The standard InChI is InChI=1S/C14H21N5O2/c20-19(21)12-11-15-14(18-9-5-2-6-10-18)16-13(12)17-7-3-1-4-8-17/h11H,1-10H2. The highest BCUT2D eigenvalue weighted by Crippen LogP contribution is 2.29. The molecule has 3 rings (SSSR count). The van der Waals surface area contributed by atoms with Gasteiger partial charge in [0.25, 0.3) is 0 Å². The molecule has 21 heavy (non-hydrogen) atoms. The van der Waals surface area contributed by atoms with Crippen molar-refractivity contribution >= 4 is 17.5 Å². The molecule has 2 aliphatic heterocycles. The zero-order valence-corrected chi connectivity index (χ0v) is 12.2. The normalized spacial score (nSPS) is 19.6. The number of aromatic nitrogens is 2. The lowest BCUT2D eigenvalue weighted by molar-refractivity contribution is -0.384. The maximum Gasteiger partial charge on any atom is 0.329 e. The van der Waals surface area contributed by atoms with Crippen molar-refractivity contribution in [2.24, 2.45) is 0 Å². The van der Waals surface area contributed by atoms with Crippen LogP contribution in [0.3, 0.4) is 0 Å². The third-order valence-corrected chi connectivity index (χ3v) is 4.23. The van der Waals surface area contributed by atoms with Gasteiger partial charge in [0.15, 0.2) is 0 Å². The Labute approximate surface area is 124 Å². The zero-order chi connectivity index (χ0) is 14.7. The molecule has 2 fully saturated rings. The van der Waals surface area contributed by atoms with E-state index >= 15 is 0 Å². The molecule has 3 heterocycles. The van der Waals surface area contributed by atoms with Gasteiger partial charge in [0.2, 0.25) is 11.8 Å². The van der Waals surface area contributed by atoms with Gasteiger partial charge in [0, 0.05) is 26.2 Å². The number of anilines is 2. The van der Waals surface area contributed by atoms with Crippen LogP contribution >= 0.6 is 0 Å². The molecular weight excluding hydrogens is 270 g/mol. The highest BCUT2D eigenvalue weighted by molar-refractivity contribution is 5.59. The van der Waals surface area contributed by atoms with Gasteiger partial charge in [-0.05, 0) is 38.5 Å². The fraction of sp³-hybridized carbons (Fsp3) is 0.714. The number of nitro groups is 1. The summed E-state index contributed by atoms with van der Waals surface area (Å²) in [4.78, 5) is 23.8. The Bertz CT molecular complexity index is 510. The summed E-state index contributed by atoms with van der Waals surface area (Å²) in [6.07, 6.45) is 8.22. The lowest BCUT2D eigenvalue weighted by atomic mass is 10.1. The molecule has 0 bridgehead atoms. The van der Waals surface area contributed by atoms with E-state index in [0.29, 0.717) is 11.8 Å². The van der Waals surface area contributed by atoms with Crippen molar-refractivity contribution < 1.29 is 4.92 Å². The average molecular weight is 291 g/mol. The maximum absolute atomic E-state index is 11.2. The smallest absolute Gasteiger partial charge is 0.329 e. The lowest BCUT2D eigenvalue weighted by Crippen LogP contribution is -2.34. The third-order valence-electron chi connectivity index (χ3n) is 4.23. The van der Waals surface area contributed by atoms with E-state index in [1.807, 2.05) is 4.90 Å². The van der Waals surface area contributed by atoms with Gasteiger partial charge in [-0.2, -0.15) is 4.98 Å². The van der Waals surface area contributed by atoms with Crippen molar-refractivity contribution in [2.45, 2.75) is 38.5 Å². The van der Waals surface area contributed by atoms with Gasteiger partial charge in [0.1, 0.15) is 6.20 Å². The van der Waals surface area contributed by atoms with E-state index in [0.717, 1.165) is 51.9 Å². The van der Waals surface area contributed by atoms with Gasteiger partial charge in [-0.3, -0.25) is 10.1 Å². The second-order valence-electron chi connectivity index (χ2n) is 5.73. The van der Waals surface area contributed by atoms with Gasteiger partial charge < -0.3 is 9.80 Å². The van der Waals surface area contributed by atoms with E-state index in [9.17, 15) is 10.1 Å². The summed E-state index contributed by atoms with van der Waals surface area (Å²) in [6, 6.07) is 0. The summed E-state index contributed by atoms with van der Waals surface area (Å²) in [5, 5.41) is 11.2. The van der Waals surface area contributed by atoms with Crippen molar-refractivity contribution in [3.05, 3.63) is 16.3 Å². The quantitative estimate of drug-likeness (QED) is 0.628. The molecule has 0 unspecified atom stereocenters. The van der Waals surface area contributed by atoms with Crippen molar-refractivity contribution in [1.29, 1.82) is 0 Å². The molecule has 2 aliphatic rings. The molecule has 114 valence electrons. The first kappa shape index (κ1) is 14.0. The van der Waals surface area contributed by atoms with E-state index in [1.54, 1.807) is 0 Å². The van der Waals surface area contributed by atoms with Gasteiger partial charge in [-0.1, -0.05) is 0 Å². The number of nitrogens with zero attached hydrogens (tertiary/aromatic N) is 5. The van der Waals surface area contributed by atoms with Gasteiger partial charge in [-0.25, -0.2) is 4.98 Å². The fourth-order valence-corrected chi connectivity index (χ4v) is 3.07. The molecule has 0 atom stereocenters. The summed E-state index contributed by atoms with van der Waals surface area (Å²) in [5.74, 6) is 1.14. The van der Waals surface area contributed by atoms with Crippen molar-refractivity contribution in [1.82, 2.24) is 9.97 Å². The van der Waals surface area contributed by atoms with E-state index < -0.39 is 0 Å². The van der Waals surface area contributed by atoms with Crippen molar-refractivity contribution in [3.63, 3.8) is 0 Å². The number of piperidine rings is 2. The SMILES string of the molecule is O=[N+]([O-])c1cnc(N2CCCCC2)nc1N1CCCCC1. The van der Waals surface area contributed by atoms with Crippen LogP contribution in [-0.2, 0) is 0 Å². The van der Waals surface area contributed by atoms with E-state index in [-0.39, 0.29) is 10.6 Å². The second kappa shape index (κ2) is 6.24. The molecule has 0 amide bonds. The Hall–Kier alpha value is -1.92. The Balaban J connectivity index is 1.91. The first-order valence-corrected chi connectivity index (χ1v) is 7.77. The van der Waals surface area contributed by atoms with Crippen LogP contribution in [-0.4, -0.2) is 41.1 Å². The number of rotatable bonds is 3. The summed E-state index contributed by atoms with van der Waals surface area (Å²) in [7, 11) is 0. The van der Waals surface area contributed by atoms with Gasteiger partial charge in [-0.15, -0.1) is 0 Å².